The highest BCUT2D eigenvalue weighted by atomic mass is 32.2. The lowest BCUT2D eigenvalue weighted by atomic mass is 10.1. The Morgan fingerprint density at radius 1 is 0.809 bits per heavy atom. The second-order valence-electron chi connectivity index (χ2n) is 10.5. The van der Waals surface area contributed by atoms with E-state index < -0.39 is 17.1 Å². The molecule has 9 nitrogen and oxygen atoms in total. The fourth-order valence-electron chi connectivity index (χ4n) is 4.79. The first-order valence-corrected chi connectivity index (χ1v) is 15.9. The molecule has 4 aromatic rings. The number of carbonyl (C=O) groups excluding carboxylic acids is 3. The van der Waals surface area contributed by atoms with Crippen molar-refractivity contribution >= 4 is 46.9 Å². The van der Waals surface area contributed by atoms with E-state index >= 15 is 0 Å². The first-order chi connectivity index (χ1) is 22.7. The van der Waals surface area contributed by atoms with Gasteiger partial charge in [-0.05, 0) is 73.9 Å². The summed E-state index contributed by atoms with van der Waals surface area (Å²) < 4.78 is 16.4. The third-order valence-corrected chi connectivity index (χ3v) is 8.42. The summed E-state index contributed by atoms with van der Waals surface area (Å²) in [6.45, 7) is 5.87. The van der Waals surface area contributed by atoms with Crippen molar-refractivity contribution in [3.8, 4) is 17.2 Å². The molecule has 1 atom stereocenters. The van der Waals surface area contributed by atoms with Gasteiger partial charge < -0.3 is 30.2 Å². The Bertz CT molecular complexity index is 1770. The van der Waals surface area contributed by atoms with Crippen molar-refractivity contribution in [1.29, 1.82) is 0 Å². The van der Waals surface area contributed by atoms with E-state index in [1.165, 1.54) is 39.2 Å². The van der Waals surface area contributed by atoms with Crippen LogP contribution in [0.1, 0.15) is 40.9 Å². The molecular weight excluding hydrogens is 614 g/mol. The van der Waals surface area contributed by atoms with Crippen LogP contribution < -0.4 is 30.2 Å². The third kappa shape index (κ3) is 8.95. The minimum absolute atomic E-state index is 0.0277. The SMILES string of the molecule is CCc1cccc(C)c1NC(=O)C(C)Sc1cccc(NC(=O)/C(=C\c2cc(OC)c(OC)cc2OC)NC(=O)c2ccccc2)c1. The second-order valence-corrected chi connectivity index (χ2v) is 11.9. The summed E-state index contributed by atoms with van der Waals surface area (Å²) in [5, 5.41) is 8.30. The molecule has 3 N–H and O–H groups in total. The largest absolute Gasteiger partial charge is 0.496 e. The van der Waals surface area contributed by atoms with E-state index in [-0.39, 0.29) is 11.6 Å². The first-order valence-electron chi connectivity index (χ1n) is 15.0. The van der Waals surface area contributed by atoms with Crippen molar-refractivity contribution in [3.63, 3.8) is 0 Å². The minimum Gasteiger partial charge on any atom is -0.496 e. The van der Waals surface area contributed by atoms with Crippen LogP contribution in [-0.2, 0) is 16.0 Å². The van der Waals surface area contributed by atoms with Crippen LogP contribution in [0.15, 0.2) is 95.5 Å². The van der Waals surface area contributed by atoms with E-state index in [4.69, 9.17) is 14.2 Å². The first kappa shape index (κ1) is 34.6. The van der Waals surface area contributed by atoms with E-state index in [0.29, 0.717) is 34.1 Å². The maximum Gasteiger partial charge on any atom is 0.272 e. The fourth-order valence-corrected chi connectivity index (χ4v) is 5.72. The quantitative estimate of drug-likeness (QED) is 0.104. The molecule has 0 heterocycles. The van der Waals surface area contributed by atoms with Gasteiger partial charge in [-0.1, -0.05) is 49.4 Å². The van der Waals surface area contributed by atoms with Crippen molar-refractivity contribution in [2.45, 2.75) is 37.3 Å². The van der Waals surface area contributed by atoms with Gasteiger partial charge in [-0.2, -0.15) is 0 Å². The van der Waals surface area contributed by atoms with Crippen molar-refractivity contribution in [2.24, 2.45) is 0 Å². The van der Waals surface area contributed by atoms with Gasteiger partial charge in [-0.15, -0.1) is 11.8 Å². The zero-order chi connectivity index (χ0) is 33.9. The molecule has 0 aliphatic carbocycles. The summed E-state index contributed by atoms with van der Waals surface area (Å²) in [4.78, 5) is 40.8. The highest BCUT2D eigenvalue weighted by Gasteiger charge is 2.20. The van der Waals surface area contributed by atoms with Gasteiger partial charge in [0.2, 0.25) is 5.91 Å². The molecule has 47 heavy (non-hydrogen) atoms. The van der Waals surface area contributed by atoms with Gasteiger partial charge in [0, 0.05) is 33.5 Å². The number of carbonyl (C=O) groups is 3. The van der Waals surface area contributed by atoms with Crippen LogP contribution in [0, 0.1) is 6.92 Å². The number of hydrogen-bond donors (Lipinski definition) is 3. The Morgan fingerprint density at radius 2 is 1.49 bits per heavy atom. The number of aryl methyl sites for hydroxylation is 2. The Morgan fingerprint density at radius 3 is 2.17 bits per heavy atom. The number of benzene rings is 4. The lowest BCUT2D eigenvalue weighted by molar-refractivity contribution is -0.115. The molecule has 3 amide bonds. The molecule has 1 unspecified atom stereocenters. The molecule has 10 heteroatoms. The second kappa shape index (κ2) is 16.4. The van der Waals surface area contributed by atoms with Crippen LogP contribution in [0.3, 0.4) is 0 Å². The van der Waals surface area contributed by atoms with E-state index in [1.807, 2.05) is 38.1 Å². The van der Waals surface area contributed by atoms with Gasteiger partial charge in [-0.25, -0.2) is 0 Å². The average Bonchev–Trinajstić information content (AvgIpc) is 3.08. The topological polar surface area (TPSA) is 115 Å². The number of rotatable bonds is 13. The van der Waals surface area contributed by atoms with Gasteiger partial charge in [0.1, 0.15) is 11.4 Å². The number of anilines is 2. The van der Waals surface area contributed by atoms with Crippen LogP contribution >= 0.6 is 11.8 Å². The lowest BCUT2D eigenvalue weighted by Crippen LogP contribution is -2.30. The van der Waals surface area contributed by atoms with E-state index in [9.17, 15) is 14.4 Å². The van der Waals surface area contributed by atoms with Crippen LogP contribution in [0.25, 0.3) is 6.08 Å². The Balaban J connectivity index is 1.58. The summed E-state index contributed by atoms with van der Waals surface area (Å²) in [5.74, 6) is 0.129. The lowest BCUT2D eigenvalue weighted by Gasteiger charge is -2.17. The number of para-hydroxylation sites is 1. The standard InChI is InChI=1S/C37H39N3O6S/c1-7-25-16-11-13-23(2)34(25)40-35(41)24(3)47-29-18-12-17-28(21-29)38-37(43)30(39-36(42)26-14-9-8-10-15-26)19-27-20-32(45-5)33(46-6)22-31(27)44-4/h8-22,24H,7H2,1-6H3,(H,38,43)(H,39,42)(H,40,41)/b30-19+. The molecule has 0 bridgehead atoms. The number of thioether (sulfide) groups is 1. The summed E-state index contributed by atoms with van der Waals surface area (Å²) in [6, 6.07) is 25.0. The monoisotopic (exact) mass is 653 g/mol. The Labute approximate surface area is 279 Å². The van der Waals surface area contributed by atoms with E-state index in [0.717, 1.165) is 28.1 Å². The maximum absolute atomic E-state index is 13.7. The predicted molar refractivity (Wildman–Crippen MR) is 188 cm³/mol. The summed E-state index contributed by atoms with van der Waals surface area (Å²) in [7, 11) is 4.51. The minimum atomic E-state index is -0.564. The number of nitrogens with one attached hydrogen (secondary N) is 3. The molecule has 0 saturated carbocycles. The van der Waals surface area contributed by atoms with Crippen molar-refractivity contribution < 1.29 is 28.6 Å². The maximum atomic E-state index is 13.7. The van der Waals surface area contributed by atoms with Crippen LogP contribution in [0.4, 0.5) is 11.4 Å². The van der Waals surface area contributed by atoms with Crippen molar-refractivity contribution in [1.82, 2.24) is 5.32 Å². The molecule has 0 saturated heterocycles. The highest BCUT2D eigenvalue weighted by molar-refractivity contribution is 8.00. The van der Waals surface area contributed by atoms with Gasteiger partial charge in [-0.3, -0.25) is 14.4 Å². The van der Waals surface area contributed by atoms with Crippen LogP contribution in [0.2, 0.25) is 0 Å². The molecule has 4 aromatic carbocycles. The number of ether oxygens (including phenoxy) is 3. The fraction of sp³-hybridized carbons (Fsp3) is 0.216. The summed E-state index contributed by atoms with van der Waals surface area (Å²) in [6.07, 6.45) is 2.32. The number of amides is 3. The van der Waals surface area contributed by atoms with Gasteiger partial charge in [0.25, 0.3) is 11.8 Å². The molecule has 0 aliphatic rings. The smallest absolute Gasteiger partial charge is 0.272 e. The Hall–Kier alpha value is -5.22. The number of hydrogen-bond acceptors (Lipinski definition) is 7. The molecular formula is C37H39N3O6S. The summed E-state index contributed by atoms with van der Waals surface area (Å²) in [5.41, 5.74) is 4.25. The van der Waals surface area contributed by atoms with Crippen molar-refractivity contribution in [3.05, 3.63) is 113 Å². The molecule has 244 valence electrons. The molecule has 0 fully saturated rings. The third-order valence-electron chi connectivity index (χ3n) is 7.33. The highest BCUT2D eigenvalue weighted by Crippen LogP contribution is 2.36. The van der Waals surface area contributed by atoms with E-state index in [1.54, 1.807) is 60.7 Å². The van der Waals surface area contributed by atoms with Crippen molar-refractivity contribution in [2.75, 3.05) is 32.0 Å². The average molecular weight is 654 g/mol. The molecule has 0 aliphatic heterocycles. The predicted octanol–water partition coefficient (Wildman–Crippen LogP) is 7.11. The van der Waals surface area contributed by atoms with Crippen LogP contribution in [-0.4, -0.2) is 44.3 Å². The Kier molecular flexibility index (Phi) is 12.1. The molecule has 4 rings (SSSR count). The summed E-state index contributed by atoms with van der Waals surface area (Å²) >= 11 is 1.37. The van der Waals surface area contributed by atoms with Gasteiger partial charge in [0.15, 0.2) is 11.5 Å². The van der Waals surface area contributed by atoms with Gasteiger partial charge >= 0.3 is 0 Å². The number of methoxy groups -OCH3 is 3. The normalized spacial score (nSPS) is 11.7. The molecule has 0 radical (unpaired) electrons. The zero-order valence-electron chi connectivity index (χ0n) is 27.3. The zero-order valence-corrected chi connectivity index (χ0v) is 28.1. The van der Waals surface area contributed by atoms with E-state index in [2.05, 4.69) is 22.9 Å². The molecule has 0 spiro atoms. The van der Waals surface area contributed by atoms with Crippen LogP contribution in [0.5, 0.6) is 17.2 Å². The van der Waals surface area contributed by atoms with Gasteiger partial charge in [0.05, 0.1) is 26.6 Å². The molecule has 0 aromatic heterocycles.